The molecule has 1 atom stereocenters. The second-order valence-corrected chi connectivity index (χ2v) is 8.86. The lowest BCUT2D eigenvalue weighted by molar-refractivity contribution is 0.0526. The smallest absolute Gasteiger partial charge is 0.341 e. The predicted octanol–water partition coefficient (Wildman–Crippen LogP) is 4.51. The van der Waals surface area contributed by atoms with Crippen molar-refractivity contribution in [1.29, 1.82) is 0 Å². The highest BCUT2D eigenvalue weighted by atomic mass is 32.1. The van der Waals surface area contributed by atoms with Gasteiger partial charge in [-0.25, -0.2) is 9.78 Å². The van der Waals surface area contributed by atoms with E-state index in [1.54, 1.807) is 6.92 Å². The van der Waals surface area contributed by atoms with Crippen LogP contribution in [-0.4, -0.2) is 28.5 Å². The van der Waals surface area contributed by atoms with Gasteiger partial charge < -0.3 is 10.1 Å². The first-order valence-corrected chi connectivity index (χ1v) is 10.6. The first kappa shape index (κ1) is 20.5. The summed E-state index contributed by atoms with van der Waals surface area (Å²) in [5.74, 6) is -0.187. The number of nitrogens with zero attached hydrogens (tertiary/aromatic N) is 2. The number of hydrogen-bond donors (Lipinski definition) is 1. The van der Waals surface area contributed by atoms with Crippen LogP contribution in [0.3, 0.4) is 0 Å². The van der Waals surface area contributed by atoms with E-state index in [0.717, 1.165) is 31.2 Å². The highest BCUT2D eigenvalue weighted by Gasteiger charge is 2.35. The lowest BCUT2D eigenvalue weighted by Gasteiger charge is -2.36. The standard InChI is InChI=1S/C21H27N3O3S/c1-5-21(3,4)13-7-8-14-16(11-13)28-19(17(14)20(26)27-6-2)24-18(25)15-12-22-9-10-23-15/h9-10,12-13H,5-8,11H2,1-4H3,(H,24,25)/t13-/m0/s1. The average Bonchev–Trinajstić information content (AvgIpc) is 3.05. The highest BCUT2D eigenvalue weighted by Crippen LogP contribution is 2.45. The number of carbonyl (C=O) groups is 2. The van der Waals surface area contributed by atoms with Gasteiger partial charge in [-0.3, -0.25) is 9.78 Å². The molecular weight excluding hydrogens is 374 g/mol. The minimum Gasteiger partial charge on any atom is -0.462 e. The van der Waals surface area contributed by atoms with Crippen LogP contribution < -0.4 is 5.32 Å². The van der Waals surface area contributed by atoms with Crippen molar-refractivity contribution in [2.75, 3.05) is 11.9 Å². The molecule has 2 aromatic rings. The Morgan fingerprint density at radius 1 is 1.32 bits per heavy atom. The van der Waals surface area contributed by atoms with Crippen LogP contribution in [0, 0.1) is 11.3 Å². The SMILES string of the molecule is CCOC(=O)c1c(NC(=O)c2cnccn2)sc2c1CC[C@H](C(C)(C)CC)C2. The van der Waals surface area contributed by atoms with Gasteiger partial charge in [0.15, 0.2) is 0 Å². The fraction of sp³-hybridized carbons (Fsp3) is 0.524. The number of thiophene rings is 1. The van der Waals surface area contributed by atoms with E-state index in [0.29, 0.717) is 23.1 Å². The molecule has 0 saturated heterocycles. The van der Waals surface area contributed by atoms with E-state index in [2.05, 4.69) is 36.1 Å². The van der Waals surface area contributed by atoms with Gasteiger partial charge in [0.1, 0.15) is 10.7 Å². The Bertz CT molecular complexity index is 861. The van der Waals surface area contributed by atoms with Gasteiger partial charge in [-0.15, -0.1) is 11.3 Å². The Balaban J connectivity index is 1.94. The number of rotatable bonds is 6. The van der Waals surface area contributed by atoms with Crippen molar-refractivity contribution in [3.05, 3.63) is 40.3 Å². The zero-order valence-electron chi connectivity index (χ0n) is 16.9. The van der Waals surface area contributed by atoms with Crippen LogP contribution in [0.2, 0.25) is 0 Å². The minimum absolute atomic E-state index is 0.216. The maximum Gasteiger partial charge on any atom is 0.341 e. The van der Waals surface area contributed by atoms with E-state index < -0.39 is 0 Å². The predicted molar refractivity (Wildman–Crippen MR) is 110 cm³/mol. The molecular formula is C21H27N3O3S. The van der Waals surface area contributed by atoms with Gasteiger partial charge in [-0.05, 0) is 43.1 Å². The molecule has 0 unspecified atom stereocenters. The van der Waals surface area contributed by atoms with Crippen molar-refractivity contribution < 1.29 is 14.3 Å². The highest BCUT2D eigenvalue weighted by molar-refractivity contribution is 7.17. The lowest BCUT2D eigenvalue weighted by Crippen LogP contribution is -2.28. The molecule has 0 fully saturated rings. The summed E-state index contributed by atoms with van der Waals surface area (Å²) in [6.07, 6.45) is 8.29. The molecule has 3 rings (SSSR count). The van der Waals surface area contributed by atoms with E-state index in [9.17, 15) is 9.59 Å². The van der Waals surface area contributed by atoms with E-state index >= 15 is 0 Å². The zero-order chi connectivity index (χ0) is 20.3. The van der Waals surface area contributed by atoms with Crippen molar-refractivity contribution in [2.24, 2.45) is 11.3 Å². The summed E-state index contributed by atoms with van der Waals surface area (Å²) in [5.41, 5.74) is 2.00. The number of ether oxygens (including phenoxy) is 1. The van der Waals surface area contributed by atoms with Crippen LogP contribution in [0.25, 0.3) is 0 Å². The maximum absolute atomic E-state index is 12.7. The fourth-order valence-electron chi connectivity index (χ4n) is 3.63. The molecule has 1 N–H and O–H groups in total. The molecule has 0 spiro atoms. The van der Waals surface area contributed by atoms with Gasteiger partial charge in [0.25, 0.3) is 5.91 Å². The second kappa shape index (κ2) is 8.39. The summed E-state index contributed by atoms with van der Waals surface area (Å²) >= 11 is 1.49. The van der Waals surface area contributed by atoms with Gasteiger partial charge in [0.05, 0.1) is 18.4 Å². The fourth-order valence-corrected chi connectivity index (χ4v) is 4.94. The number of amides is 1. The molecule has 0 aliphatic heterocycles. The molecule has 0 bridgehead atoms. The van der Waals surface area contributed by atoms with E-state index in [1.165, 1.54) is 34.8 Å². The molecule has 2 heterocycles. The molecule has 1 amide bonds. The Morgan fingerprint density at radius 2 is 2.11 bits per heavy atom. The molecule has 0 aromatic carbocycles. The number of nitrogens with one attached hydrogen (secondary N) is 1. The van der Waals surface area contributed by atoms with Crippen LogP contribution in [0.15, 0.2) is 18.6 Å². The normalized spacial score (nSPS) is 16.4. The number of carbonyl (C=O) groups excluding carboxylic acids is 2. The van der Waals surface area contributed by atoms with Gasteiger partial charge in [-0.2, -0.15) is 0 Å². The van der Waals surface area contributed by atoms with Crippen molar-refractivity contribution in [3.8, 4) is 0 Å². The Hall–Kier alpha value is -2.28. The summed E-state index contributed by atoms with van der Waals surface area (Å²) in [4.78, 5) is 34.4. The second-order valence-electron chi connectivity index (χ2n) is 7.76. The summed E-state index contributed by atoms with van der Waals surface area (Å²) in [6, 6.07) is 0. The molecule has 150 valence electrons. The first-order chi connectivity index (χ1) is 13.4. The van der Waals surface area contributed by atoms with Crippen molar-refractivity contribution in [2.45, 2.75) is 53.4 Å². The van der Waals surface area contributed by atoms with Crippen molar-refractivity contribution in [1.82, 2.24) is 9.97 Å². The lowest BCUT2D eigenvalue weighted by atomic mass is 9.69. The number of anilines is 1. The topological polar surface area (TPSA) is 81.2 Å². The maximum atomic E-state index is 12.7. The summed E-state index contributed by atoms with van der Waals surface area (Å²) in [6.45, 7) is 8.92. The Kier molecular flexibility index (Phi) is 6.13. The molecule has 6 nitrogen and oxygen atoms in total. The third-order valence-corrected chi connectivity index (χ3v) is 6.95. The summed E-state index contributed by atoms with van der Waals surface area (Å²) < 4.78 is 5.28. The number of hydrogen-bond acceptors (Lipinski definition) is 6. The first-order valence-electron chi connectivity index (χ1n) is 9.76. The van der Waals surface area contributed by atoms with E-state index in [-0.39, 0.29) is 23.0 Å². The molecule has 28 heavy (non-hydrogen) atoms. The molecule has 1 aliphatic carbocycles. The molecule has 0 radical (unpaired) electrons. The third kappa shape index (κ3) is 4.09. The van der Waals surface area contributed by atoms with Gasteiger partial charge in [-0.1, -0.05) is 27.2 Å². The van der Waals surface area contributed by atoms with Crippen LogP contribution in [-0.2, 0) is 17.6 Å². The van der Waals surface area contributed by atoms with Gasteiger partial charge >= 0.3 is 5.97 Å². The minimum atomic E-state index is -0.373. The van der Waals surface area contributed by atoms with Crippen LogP contribution in [0.5, 0.6) is 0 Å². The zero-order valence-corrected chi connectivity index (χ0v) is 17.7. The summed E-state index contributed by atoms with van der Waals surface area (Å²) in [5, 5.41) is 3.42. The van der Waals surface area contributed by atoms with E-state index in [4.69, 9.17) is 4.74 Å². The number of aromatic nitrogens is 2. The Morgan fingerprint density at radius 3 is 2.75 bits per heavy atom. The number of esters is 1. The monoisotopic (exact) mass is 401 g/mol. The number of fused-ring (bicyclic) bond motifs is 1. The molecule has 0 saturated carbocycles. The Labute approximate surface area is 169 Å². The quantitative estimate of drug-likeness (QED) is 0.720. The van der Waals surface area contributed by atoms with Crippen LogP contribution in [0.1, 0.15) is 71.8 Å². The van der Waals surface area contributed by atoms with Crippen molar-refractivity contribution >= 4 is 28.2 Å². The average molecular weight is 402 g/mol. The van der Waals surface area contributed by atoms with Crippen molar-refractivity contribution in [3.63, 3.8) is 0 Å². The van der Waals surface area contributed by atoms with Crippen LogP contribution in [0.4, 0.5) is 5.00 Å². The van der Waals surface area contributed by atoms with Gasteiger partial charge in [0, 0.05) is 17.3 Å². The third-order valence-electron chi connectivity index (χ3n) is 5.78. The summed E-state index contributed by atoms with van der Waals surface area (Å²) in [7, 11) is 0. The largest absolute Gasteiger partial charge is 0.462 e. The molecule has 2 aromatic heterocycles. The van der Waals surface area contributed by atoms with Crippen LogP contribution >= 0.6 is 11.3 Å². The van der Waals surface area contributed by atoms with Gasteiger partial charge in [0.2, 0.25) is 0 Å². The molecule has 7 heteroatoms. The van der Waals surface area contributed by atoms with E-state index in [1.807, 2.05) is 0 Å². The molecule has 1 aliphatic rings.